The molecule has 1 aliphatic rings. The van der Waals surface area contributed by atoms with Gasteiger partial charge in [-0.25, -0.2) is 0 Å². The van der Waals surface area contributed by atoms with Crippen molar-refractivity contribution in [3.05, 3.63) is 22.5 Å². The summed E-state index contributed by atoms with van der Waals surface area (Å²) in [6, 6.07) is 4.13. The highest BCUT2D eigenvalue weighted by Gasteiger charge is 2.08. The van der Waals surface area contributed by atoms with Crippen LogP contribution in [0.5, 0.6) is 0 Å². The molecule has 64 valence electrons. The van der Waals surface area contributed by atoms with Crippen LogP contribution in [0.1, 0.15) is 5.56 Å². The zero-order valence-electron chi connectivity index (χ0n) is 6.79. The van der Waals surface area contributed by atoms with Crippen molar-refractivity contribution in [2.75, 3.05) is 0 Å². The van der Waals surface area contributed by atoms with E-state index in [4.69, 9.17) is 12.2 Å². The molecule has 2 heterocycles. The molecule has 13 heavy (non-hydrogen) atoms. The van der Waals surface area contributed by atoms with Gasteiger partial charge in [0.1, 0.15) is 0 Å². The Bertz CT molecular complexity index is 562. The van der Waals surface area contributed by atoms with E-state index >= 15 is 0 Å². The summed E-state index contributed by atoms with van der Waals surface area (Å²) in [5.41, 5.74) is 4.41. The first-order valence-electron chi connectivity index (χ1n) is 4.10. The molecule has 0 saturated carbocycles. The number of hydrogen-bond acceptors (Lipinski definition) is 2. The SMILES string of the molecule is S=c1[nH]c2cc3c(cc2[nH]1)N=CC3. The van der Waals surface area contributed by atoms with Gasteiger partial charge in [0.25, 0.3) is 0 Å². The number of imidazole rings is 1. The van der Waals surface area contributed by atoms with Crippen molar-refractivity contribution < 1.29 is 0 Å². The maximum atomic E-state index is 5.00. The highest BCUT2D eigenvalue weighted by molar-refractivity contribution is 7.71. The highest BCUT2D eigenvalue weighted by Crippen LogP contribution is 2.27. The van der Waals surface area contributed by atoms with E-state index < -0.39 is 0 Å². The van der Waals surface area contributed by atoms with Crippen molar-refractivity contribution in [3.63, 3.8) is 0 Å². The van der Waals surface area contributed by atoms with E-state index in [-0.39, 0.29) is 0 Å². The predicted molar refractivity (Wildman–Crippen MR) is 55.3 cm³/mol. The summed E-state index contributed by atoms with van der Waals surface area (Å²) in [5.74, 6) is 0. The van der Waals surface area contributed by atoms with Gasteiger partial charge in [0.2, 0.25) is 0 Å². The van der Waals surface area contributed by atoms with Crippen molar-refractivity contribution in [1.29, 1.82) is 0 Å². The van der Waals surface area contributed by atoms with E-state index in [2.05, 4.69) is 21.0 Å². The number of H-pyrrole nitrogens is 2. The first-order chi connectivity index (χ1) is 6.33. The smallest absolute Gasteiger partial charge is 0.175 e. The van der Waals surface area contributed by atoms with Crippen LogP contribution in [0.2, 0.25) is 0 Å². The minimum Gasteiger partial charge on any atom is -0.331 e. The molecular formula is C9H7N3S. The van der Waals surface area contributed by atoms with Crippen molar-refractivity contribution in [2.24, 2.45) is 4.99 Å². The number of aromatic nitrogens is 2. The minimum absolute atomic E-state index is 0.669. The van der Waals surface area contributed by atoms with Crippen LogP contribution in [-0.2, 0) is 6.42 Å². The standard InChI is InChI=1S/C9H7N3S/c13-9-11-7-3-5-1-2-10-6(5)4-8(7)12-9/h2-4H,1H2,(H2,11,12,13). The summed E-state index contributed by atoms with van der Waals surface area (Å²) < 4.78 is 0.669. The zero-order valence-corrected chi connectivity index (χ0v) is 7.61. The summed E-state index contributed by atoms with van der Waals surface area (Å²) in [5, 5.41) is 0. The number of nitrogens with zero attached hydrogens (tertiary/aromatic N) is 1. The predicted octanol–water partition coefficient (Wildman–Crippen LogP) is 2.48. The van der Waals surface area contributed by atoms with E-state index in [9.17, 15) is 0 Å². The fraction of sp³-hybridized carbons (Fsp3) is 0.111. The lowest BCUT2D eigenvalue weighted by Gasteiger charge is -1.95. The normalized spacial score (nSPS) is 13.8. The molecule has 2 N–H and O–H groups in total. The van der Waals surface area contributed by atoms with Crippen molar-refractivity contribution in [3.8, 4) is 0 Å². The third-order valence-corrected chi connectivity index (χ3v) is 2.46. The molecule has 2 aromatic rings. The highest BCUT2D eigenvalue weighted by atomic mass is 32.1. The molecular weight excluding hydrogens is 182 g/mol. The van der Waals surface area contributed by atoms with Crippen LogP contribution in [0.25, 0.3) is 11.0 Å². The molecule has 0 radical (unpaired) electrons. The quantitative estimate of drug-likeness (QED) is 0.614. The molecule has 3 rings (SSSR count). The molecule has 0 spiro atoms. The Morgan fingerprint density at radius 1 is 1.23 bits per heavy atom. The van der Waals surface area contributed by atoms with Crippen LogP contribution in [0.3, 0.4) is 0 Å². The van der Waals surface area contributed by atoms with E-state index in [0.717, 1.165) is 23.1 Å². The molecule has 3 nitrogen and oxygen atoms in total. The fourth-order valence-electron chi connectivity index (χ4n) is 1.64. The second-order valence-corrected chi connectivity index (χ2v) is 3.53. The van der Waals surface area contributed by atoms with Gasteiger partial charge in [0, 0.05) is 12.6 Å². The summed E-state index contributed by atoms with van der Waals surface area (Å²) in [6.07, 6.45) is 2.86. The van der Waals surface area contributed by atoms with Gasteiger partial charge in [-0.2, -0.15) is 0 Å². The molecule has 1 aromatic heterocycles. The molecule has 0 unspecified atom stereocenters. The maximum absolute atomic E-state index is 5.00. The number of aliphatic imine (C=N–C) groups is 1. The van der Waals surface area contributed by atoms with Crippen molar-refractivity contribution >= 4 is 35.2 Å². The Labute approximate surface area is 79.5 Å². The Morgan fingerprint density at radius 2 is 2.00 bits per heavy atom. The molecule has 0 atom stereocenters. The van der Waals surface area contributed by atoms with Gasteiger partial charge >= 0.3 is 0 Å². The molecule has 0 amide bonds. The zero-order chi connectivity index (χ0) is 8.84. The lowest BCUT2D eigenvalue weighted by atomic mass is 10.1. The van der Waals surface area contributed by atoms with Crippen LogP contribution < -0.4 is 0 Å². The van der Waals surface area contributed by atoms with Crippen LogP contribution in [0.15, 0.2) is 17.1 Å². The number of benzene rings is 1. The van der Waals surface area contributed by atoms with Gasteiger partial charge in [0.15, 0.2) is 4.77 Å². The fourth-order valence-corrected chi connectivity index (χ4v) is 1.86. The summed E-state index contributed by atoms with van der Waals surface area (Å²) in [4.78, 5) is 10.4. The topological polar surface area (TPSA) is 43.9 Å². The number of hydrogen-bond donors (Lipinski definition) is 2. The molecule has 0 aliphatic carbocycles. The number of nitrogens with one attached hydrogen (secondary N) is 2. The van der Waals surface area contributed by atoms with E-state index in [1.807, 2.05) is 12.3 Å². The largest absolute Gasteiger partial charge is 0.331 e. The van der Waals surface area contributed by atoms with Gasteiger partial charge in [-0.3, -0.25) is 4.99 Å². The lowest BCUT2D eigenvalue weighted by Crippen LogP contribution is -1.78. The Morgan fingerprint density at radius 3 is 2.85 bits per heavy atom. The molecule has 1 aliphatic heterocycles. The molecule has 0 saturated heterocycles. The molecule has 0 bridgehead atoms. The number of fused-ring (bicyclic) bond motifs is 2. The molecule has 1 aromatic carbocycles. The Hall–Kier alpha value is -1.42. The van der Waals surface area contributed by atoms with E-state index in [0.29, 0.717) is 4.77 Å². The van der Waals surface area contributed by atoms with Gasteiger partial charge in [-0.05, 0) is 29.9 Å². The van der Waals surface area contributed by atoms with Crippen molar-refractivity contribution in [1.82, 2.24) is 9.97 Å². The summed E-state index contributed by atoms with van der Waals surface area (Å²) in [6.45, 7) is 0. The summed E-state index contributed by atoms with van der Waals surface area (Å²) in [7, 11) is 0. The van der Waals surface area contributed by atoms with Crippen LogP contribution in [0, 0.1) is 4.77 Å². The second kappa shape index (κ2) is 2.29. The van der Waals surface area contributed by atoms with Gasteiger partial charge in [0.05, 0.1) is 16.7 Å². The monoisotopic (exact) mass is 189 g/mol. The average Bonchev–Trinajstić information content (AvgIpc) is 2.63. The third-order valence-electron chi connectivity index (χ3n) is 2.26. The van der Waals surface area contributed by atoms with Gasteiger partial charge in [-0.1, -0.05) is 0 Å². The van der Waals surface area contributed by atoms with Crippen LogP contribution >= 0.6 is 12.2 Å². The van der Waals surface area contributed by atoms with Gasteiger partial charge < -0.3 is 9.97 Å². The summed E-state index contributed by atoms with van der Waals surface area (Å²) >= 11 is 5.00. The first-order valence-corrected chi connectivity index (χ1v) is 4.51. The second-order valence-electron chi connectivity index (χ2n) is 3.12. The Balaban J connectivity index is 2.45. The van der Waals surface area contributed by atoms with E-state index in [1.54, 1.807) is 0 Å². The van der Waals surface area contributed by atoms with E-state index in [1.165, 1.54) is 5.56 Å². The van der Waals surface area contributed by atoms with Crippen LogP contribution in [0.4, 0.5) is 5.69 Å². The third kappa shape index (κ3) is 0.954. The van der Waals surface area contributed by atoms with Crippen molar-refractivity contribution in [2.45, 2.75) is 6.42 Å². The molecule has 0 fully saturated rings. The maximum Gasteiger partial charge on any atom is 0.175 e. The van der Waals surface area contributed by atoms with Crippen LogP contribution in [-0.4, -0.2) is 16.2 Å². The first kappa shape index (κ1) is 7.03. The number of aromatic amines is 2. The minimum atomic E-state index is 0.669. The average molecular weight is 189 g/mol. The Kier molecular flexibility index (Phi) is 1.24. The lowest BCUT2D eigenvalue weighted by molar-refractivity contribution is 1.30. The van der Waals surface area contributed by atoms with Gasteiger partial charge in [-0.15, -0.1) is 0 Å². The molecule has 4 heteroatoms. The number of rotatable bonds is 0.